The van der Waals surface area contributed by atoms with Gasteiger partial charge in [0.15, 0.2) is 0 Å². The molecule has 0 spiro atoms. The van der Waals surface area contributed by atoms with E-state index in [0.717, 1.165) is 0 Å². The van der Waals surface area contributed by atoms with Gasteiger partial charge < -0.3 is 0 Å². The highest BCUT2D eigenvalue weighted by Crippen LogP contribution is 2.07. The first-order valence-corrected chi connectivity index (χ1v) is 7.63. The predicted octanol–water partition coefficient (Wildman–Crippen LogP) is 6.13. The average Bonchev–Trinajstić information content (AvgIpc) is 2.39. The van der Waals surface area contributed by atoms with Gasteiger partial charge in [-0.2, -0.15) is 0 Å². The summed E-state index contributed by atoms with van der Waals surface area (Å²) < 4.78 is 0. The van der Waals surface area contributed by atoms with E-state index in [2.05, 4.69) is 48.6 Å². The van der Waals surface area contributed by atoms with Crippen LogP contribution < -0.4 is 0 Å². The van der Waals surface area contributed by atoms with E-state index in [9.17, 15) is 0 Å². The standard InChI is InChI=1S/C18H28/c1-2-4-6-8-10-12-14-16-18-17-15-13-11-9-7-5-3-1/h1-4,15-18H,5-14H2/b3-1-,4-2+,17-15?,18-16?. The van der Waals surface area contributed by atoms with Gasteiger partial charge in [0.1, 0.15) is 0 Å². The lowest BCUT2D eigenvalue weighted by Gasteiger charge is -1.96. The highest BCUT2D eigenvalue weighted by molar-refractivity contribution is 5.03. The molecule has 1 rings (SSSR count). The van der Waals surface area contributed by atoms with Crippen LogP contribution in [-0.2, 0) is 0 Å². The first-order chi connectivity index (χ1) is 9.00. The first kappa shape index (κ1) is 15.0. The van der Waals surface area contributed by atoms with Crippen LogP contribution in [0.15, 0.2) is 48.6 Å². The van der Waals surface area contributed by atoms with E-state index in [1.807, 2.05) is 0 Å². The van der Waals surface area contributed by atoms with Crippen LogP contribution in [0.2, 0.25) is 0 Å². The van der Waals surface area contributed by atoms with Gasteiger partial charge in [0.05, 0.1) is 0 Å². The summed E-state index contributed by atoms with van der Waals surface area (Å²) in [4.78, 5) is 0. The van der Waals surface area contributed by atoms with E-state index in [-0.39, 0.29) is 0 Å². The van der Waals surface area contributed by atoms with Crippen LogP contribution in [0, 0.1) is 0 Å². The van der Waals surface area contributed by atoms with E-state index < -0.39 is 0 Å². The van der Waals surface area contributed by atoms with Crippen molar-refractivity contribution in [2.24, 2.45) is 0 Å². The summed E-state index contributed by atoms with van der Waals surface area (Å²) >= 11 is 0. The molecule has 0 saturated carbocycles. The molecule has 0 aromatic heterocycles. The molecule has 0 radical (unpaired) electrons. The molecule has 0 N–H and O–H groups in total. The lowest BCUT2D eigenvalue weighted by molar-refractivity contribution is 0.694. The summed E-state index contributed by atoms with van der Waals surface area (Å²) in [5.74, 6) is 0. The number of hydrogen-bond donors (Lipinski definition) is 0. The van der Waals surface area contributed by atoms with E-state index in [0.29, 0.717) is 0 Å². The van der Waals surface area contributed by atoms with Crippen molar-refractivity contribution in [1.29, 1.82) is 0 Å². The van der Waals surface area contributed by atoms with Crippen molar-refractivity contribution in [3.8, 4) is 0 Å². The summed E-state index contributed by atoms with van der Waals surface area (Å²) in [6.45, 7) is 0. The van der Waals surface area contributed by atoms with Gasteiger partial charge in [-0.25, -0.2) is 0 Å². The number of hydrogen-bond acceptors (Lipinski definition) is 0. The average molecular weight is 244 g/mol. The Hall–Kier alpha value is -1.04. The molecule has 0 bridgehead atoms. The normalized spacial score (nSPS) is 24.0. The zero-order valence-corrected chi connectivity index (χ0v) is 11.7. The summed E-state index contributed by atoms with van der Waals surface area (Å²) in [5, 5.41) is 0. The maximum Gasteiger partial charge on any atom is -0.0348 e. The topological polar surface area (TPSA) is 0 Å². The Labute approximate surface area is 113 Å². The van der Waals surface area contributed by atoms with Crippen molar-refractivity contribution in [3.63, 3.8) is 0 Å². The van der Waals surface area contributed by atoms with Crippen LogP contribution in [-0.4, -0.2) is 0 Å². The molecule has 1 aliphatic rings. The largest absolute Gasteiger partial charge is 0.0845 e. The first-order valence-electron chi connectivity index (χ1n) is 7.63. The Balaban J connectivity index is 2.25. The number of allylic oxidation sites excluding steroid dienone is 8. The zero-order chi connectivity index (χ0) is 12.7. The third-order valence-electron chi connectivity index (χ3n) is 3.25. The van der Waals surface area contributed by atoms with Crippen molar-refractivity contribution in [3.05, 3.63) is 48.6 Å². The van der Waals surface area contributed by atoms with Crippen LogP contribution in [0.1, 0.15) is 64.2 Å². The van der Waals surface area contributed by atoms with Crippen LogP contribution >= 0.6 is 0 Å². The molecule has 18 heavy (non-hydrogen) atoms. The van der Waals surface area contributed by atoms with Crippen LogP contribution in [0.3, 0.4) is 0 Å². The highest BCUT2D eigenvalue weighted by Gasteiger charge is 1.87. The molecule has 100 valence electrons. The van der Waals surface area contributed by atoms with Gasteiger partial charge in [0.2, 0.25) is 0 Å². The second kappa shape index (κ2) is 12.4. The van der Waals surface area contributed by atoms with Gasteiger partial charge in [-0.05, 0) is 51.4 Å². The number of rotatable bonds is 0. The second-order valence-electron chi connectivity index (χ2n) is 4.99. The molecule has 0 unspecified atom stereocenters. The molecule has 0 aromatic carbocycles. The summed E-state index contributed by atoms with van der Waals surface area (Å²) in [7, 11) is 0. The molecule has 0 fully saturated rings. The third-order valence-corrected chi connectivity index (χ3v) is 3.25. The van der Waals surface area contributed by atoms with Gasteiger partial charge in [-0.1, -0.05) is 61.4 Å². The van der Waals surface area contributed by atoms with Gasteiger partial charge >= 0.3 is 0 Å². The van der Waals surface area contributed by atoms with E-state index in [4.69, 9.17) is 0 Å². The fraction of sp³-hybridized carbons (Fsp3) is 0.556. The van der Waals surface area contributed by atoms with Crippen molar-refractivity contribution in [2.75, 3.05) is 0 Å². The van der Waals surface area contributed by atoms with E-state index in [1.165, 1.54) is 64.2 Å². The Morgan fingerprint density at radius 3 is 0.889 bits per heavy atom. The third kappa shape index (κ3) is 10.1. The summed E-state index contributed by atoms with van der Waals surface area (Å²) in [5.41, 5.74) is 0. The van der Waals surface area contributed by atoms with Crippen LogP contribution in [0.25, 0.3) is 0 Å². The molecule has 0 aromatic rings. The molecule has 0 aliphatic heterocycles. The zero-order valence-electron chi connectivity index (χ0n) is 11.7. The van der Waals surface area contributed by atoms with Gasteiger partial charge in [-0.3, -0.25) is 0 Å². The fourth-order valence-corrected chi connectivity index (χ4v) is 2.10. The molecular formula is C18H28. The second-order valence-corrected chi connectivity index (χ2v) is 4.99. The van der Waals surface area contributed by atoms with Crippen molar-refractivity contribution < 1.29 is 0 Å². The fourth-order valence-electron chi connectivity index (χ4n) is 2.10. The highest BCUT2D eigenvalue weighted by atomic mass is 13.9. The van der Waals surface area contributed by atoms with Gasteiger partial charge in [0, 0.05) is 0 Å². The SMILES string of the molecule is C1=CCCCCC/C=C\C=C\CCCCCC=C1. The smallest absolute Gasteiger partial charge is 0.0348 e. The minimum absolute atomic E-state index is 1.23. The molecule has 1 aliphatic carbocycles. The lowest BCUT2D eigenvalue weighted by Crippen LogP contribution is -1.76. The minimum atomic E-state index is 1.23. The summed E-state index contributed by atoms with van der Waals surface area (Å²) in [6, 6.07) is 0. The molecule has 0 atom stereocenters. The van der Waals surface area contributed by atoms with E-state index >= 15 is 0 Å². The molecular weight excluding hydrogens is 216 g/mol. The Kier molecular flexibility index (Phi) is 10.4. The molecule has 0 heterocycles. The van der Waals surface area contributed by atoms with Gasteiger partial charge in [-0.15, -0.1) is 0 Å². The minimum Gasteiger partial charge on any atom is -0.0845 e. The monoisotopic (exact) mass is 244 g/mol. The van der Waals surface area contributed by atoms with Crippen LogP contribution in [0.4, 0.5) is 0 Å². The molecule has 0 nitrogen and oxygen atoms in total. The summed E-state index contributed by atoms with van der Waals surface area (Å²) in [6.07, 6.45) is 31.0. The Morgan fingerprint density at radius 1 is 0.333 bits per heavy atom. The quantitative estimate of drug-likeness (QED) is 0.481. The predicted molar refractivity (Wildman–Crippen MR) is 82.7 cm³/mol. The molecule has 0 saturated heterocycles. The lowest BCUT2D eigenvalue weighted by atomic mass is 10.1. The maximum atomic E-state index is 2.30. The van der Waals surface area contributed by atoms with Gasteiger partial charge in [0.25, 0.3) is 0 Å². The molecule has 0 amide bonds. The van der Waals surface area contributed by atoms with Crippen molar-refractivity contribution in [1.82, 2.24) is 0 Å². The van der Waals surface area contributed by atoms with Crippen molar-refractivity contribution >= 4 is 0 Å². The van der Waals surface area contributed by atoms with Crippen LogP contribution in [0.5, 0.6) is 0 Å². The van der Waals surface area contributed by atoms with Crippen molar-refractivity contribution in [2.45, 2.75) is 64.2 Å². The maximum absolute atomic E-state index is 2.30. The van der Waals surface area contributed by atoms with E-state index in [1.54, 1.807) is 0 Å². The Morgan fingerprint density at radius 2 is 0.611 bits per heavy atom. The molecule has 0 heteroatoms. The Bertz CT molecular complexity index is 220.